The van der Waals surface area contributed by atoms with Gasteiger partial charge in [-0.3, -0.25) is 9.69 Å². The molecule has 0 radical (unpaired) electrons. The van der Waals surface area contributed by atoms with Crippen LogP contribution < -0.4 is 10.1 Å². The number of carbonyl (C=O) groups is 1. The second kappa shape index (κ2) is 7.20. The highest BCUT2D eigenvalue weighted by molar-refractivity contribution is 5.94. The van der Waals surface area contributed by atoms with Crippen molar-refractivity contribution in [2.45, 2.75) is 50.7 Å². The molecule has 2 heterocycles. The van der Waals surface area contributed by atoms with Crippen LogP contribution in [0.25, 0.3) is 0 Å². The van der Waals surface area contributed by atoms with E-state index < -0.39 is 0 Å². The van der Waals surface area contributed by atoms with Gasteiger partial charge in [-0.15, -0.1) is 0 Å². The van der Waals surface area contributed by atoms with Crippen LogP contribution in [-0.4, -0.2) is 67.1 Å². The van der Waals surface area contributed by atoms with E-state index in [0.717, 1.165) is 56.0 Å². The van der Waals surface area contributed by atoms with Gasteiger partial charge in [0.15, 0.2) is 0 Å². The first kappa shape index (κ1) is 17.8. The lowest BCUT2D eigenvalue weighted by molar-refractivity contribution is 0.0414. The molecule has 4 rings (SSSR count). The van der Waals surface area contributed by atoms with Crippen LogP contribution in [0.5, 0.6) is 5.75 Å². The zero-order valence-electron chi connectivity index (χ0n) is 16.1. The van der Waals surface area contributed by atoms with Gasteiger partial charge in [0, 0.05) is 50.2 Å². The van der Waals surface area contributed by atoms with Gasteiger partial charge in [0.05, 0.1) is 0 Å². The van der Waals surface area contributed by atoms with Crippen LogP contribution in [0.1, 0.15) is 48.5 Å². The third-order valence-electron chi connectivity index (χ3n) is 6.44. The Morgan fingerprint density at radius 3 is 2.69 bits per heavy atom. The molecule has 1 amide bonds. The number of nitrogens with one attached hydrogen (secondary N) is 1. The van der Waals surface area contributed by atoms with E-state index in [1.165, 1.54) is 25.7 Å². The molecule has 142 valence electrons. The Hall–Kier alpha value is -1.59. The Labute approximate surface area is 156 Å². The lowest BCUT2D eigenvalue weighted by Gasteiger charge is -2.45. The van der Waals surface area contributed by atoms with Gasteiger partial charge in [-0.25, -0.2) is 0 Å². The van der Waals surface area contributed by atoms with Crippen molar-refractivity contribution < 1.29 is 9.53 Å². The van der Waals surface area contributed by atoms with Crippen molar-refractivity contribution in [2.75, 3.05) is 39.8 Å². The van der Waals surface area contributed by atoms with E-state index >= 15 is 0 Å². The fraction of sp³-hybridized carbons (Fsp3) is 0.667. The van der Waals surface area contributed by atoms with E-state index in [1.807, 2.05) is 18.2 Å². The van der Waals surface area contributed by atoms with Crippen molar-refractivity contribution in [1.29, 1.82) is 0 Å². The summed E-state index contributed by atoms with van der Waals surface area (Å²) in [6, 6.07) is 5.84. The Morgan fingerprint density at radius 2 is 1.96 bits per heavy atom. The lowest BCUT2D eigenvalue weighted by Crippen LogP contribution is -2.59. The van der Waals surface area contributed by atoms with Crippen molar-refractivity contribution >= 4 is 5.91 Å². The quantitative estimate of drug-likeness (QED) is 0.898. The summed E-state index contributed by atoms with van der Waals surface area (Å²) in [5.74, 6) is 0.978. The van der Waals surface area contributed by atoms with Gasteiger partial charge in [-0.05, 0) is 50.6 Å². The molecule has 5 nitrogen and oxygen atoms in total. The average molecular weight is 357 g/mol. The summed E-state index contributed by atoms with van der Waals surface area (Å²) in [7, 11) is 2.19. The third-order valence-corrected chi connectivity index (χ3v) is 6.44. The zero-order valence-corrected chi connectivity index (χ0v) is 16.1. The minimum atomic E-state index is 0.0488. The Kier molecular flexibility index (Phi) is 4.93. The summed E-state index contributed by atoms with van der Waals surface area (Å²) >= 11 is 0. The van der Waals surface area contributed by atoms with Gasteiger partial charge >= 0.3 is 0 Å². The first-order valence-electron chi connectivity index (χ1n) is 10.1. The molecular formula is C21H31N3O2. The molecule has 1 aromatic rings. The Morgan fingerprint density at radius 1 is 1.23 bits per heavy atom. The van der Waals surface area contributed by atoms with Gasteiger partial charge in [0.1, 0.15) is 11.9 Å². The molecule has 1 N–H and O–H groups in total. The number of rotatable bonds is 4. The number of ether oxygens (including phenoxy) is 1. The second-order valence-electron chi connectivity index (χ2n) is 8.36. The minimum Gasteiger partial charge on any atom is -0.490 e. The fourth-order valence-corrected chi connectivity index (χ4v) is 4.83. The maximum absolute atomic E-state index is 12.8. The van der Waals surface area contributed by atoms with Gasteiger partial charge in [0.25, 0.3) is 5.91 Å². The van der Waals surface area contributed by atoms with Crippen molar-refractivity contribution in [3.05, 3.63) is 29.3 Å². The SMILES string of the molecule is C[C@@H]1Cc2cc(C(=O)NCC3(N4CCN(C)CC4)CCCC3)ccc2O1. The highest BCUT2D eigenvalue weighted by Gasteiger charge is 2.40. The minimum absolute atomic E-state index is 0.0488. The summed E-state index contributed by atoms with van der Waals surface area (Å²) < 4.78 is 5.74. The summed E-state index contributed by atoms with van der Waals surface area (Å²) in [5, 5.41) is 3.26. The molecule has 0 unspecified atom stereocenters. The molecular weight excluding hydrogens is 326 g/mol. The van der Waals surface area contributed by atoms with Gasteiger partial charge in [-0.2, -0.15) is 0 Å². The van der Waals surface area contributed by atoms with Crippen molar-refractivity contribution in [3.63, 3.8) is 0 Å². The highest BCUT2D eigenvalue weighted by Crippen LogP contribution is 2.35. The molecule has 0 bridgehead atoms. The second-order valence-corrected chi connectivity index (χ2v) is 8.36. The van der Waals surface area contributed by atoms with E-state index in [4.69, 9.17) is 4.74 Å². The largest absolute Gasteiger partial charge is 0.490 e. The molecule has 1 saturated heterocycles. The molecule has 1 atom stereocenters. The third kappa shape index (κ3) is 3.47. The molecule has 1 saturated carbocycles. The number of hydrogen-bond donors (Lipinski definition) is 1. The van der Waals surface area contributed by atoms with Crippen molar-refractivity contribution in [2.24, 2.45) is 0 Å². The number of likely N-dealkylation sites (N-methyl/N-ethyl adjacent to an activating group) is 1. The van der Waals surface area contributed by atoms with Gasteiger partial charge in [0.2, 0.25) is 0 Å². The Balaban J connectivity index is 1.42. The number of amides is 1. The molecule has 1 aromatic carbocycles. The molecule has 2 aliphatic heterocycles. The van der Waals surface area contributed by atoms with Crippen molar-refractivity contribution in [1.82, 2.24) is 15.1 Å². The summed E-state index contributed by atoms with van der Waals surface area (Å²) in [5.41, 5.74) is 2.07. The molecule has 5 heteroatoms. The topological polar surface area (TPSA) is 44.8 Å². The average Bonchev–Trinajstić information content (AvgIpc) is 3.26. The maximum atomic E-state index is 12.8. The summed E-state index contributed by atoms with van der Waals surface area (Å²) in [6.07, 6.45) is 6.05. The zero-order chi connectivity index (χ0) is 18.1. The van der Waals surface area contributed by atoms with Crippen LogP contribution in [0.4, 0.5) is 0 Å². The van der Waals surface area contributed by atoms with E-state index in [2.05, 4.69) is 29.1 Å². The molecule has 0 aromatic heterocycles. The smallest absolute Gasteiger partial charge is 0.251 e. The first-order chi connectivity index (χ1) is 12.6. The predicted molar refractivity (Wildman–Crippen MR) is 103 cm³/mol. The number of nitrogens with zero attached hydrogens (tertiary/aromatic N) is 2. The van der Waals surface area contributed by atoms with Crippen LogP contribution in [0.2, 0.25) is 0 Å². The van der Waals surface area contributed by atoms with E-state index in [-0.39, 0.29) is 17.6 Å². The van der Waals surface area contributed by atoms with E-state index in [0.29, 0.717) is 0 Å². The Bertz CT molecular complexity index is 661. The van der Waals surface area contributed by atoms with E-state index in [1.54, 1.807) is 0 Å². The normalized spacial score (nSPS) is 25.7. The standard InChI is InChI=1S/C21H31N3O2/c1-16-13-18-14-17(5-6-19(18)26-16)20(25)22-15-21(7-3-4-8-21)24-11-9-23(2)10-12-24/h5-6,14,16H,3-4,7-13,15H2,1-2H3,(H,22,25)/t16-/m1/s1. The summed E-state index contributed by atoms with van der Waals surface area (Å²) in [4.78, 5) is 17.8. The van der Waals surface area contributed by atoms with Crippen LogP contribution in [-0.2, 0) is 6.42 Å². The first-order valence-corrected chi connectivity index (χ1v) is 10.1. The molecule has 1 aliphatic carbocycles. The molecule has 26 heavy (non-hydrogen) atoms. The van der Waals surface area contributed by atoms with Crippen LogP contribution >= 0.6 is 0 Å². The number of piperazine rings is 1. The molecule has 0 spiro atoms. The number of hydrogen-bond acceptors (Lipinski definition) is 4. The lowest BCUT2D eigenvalue weighted by atomic mass is 9.93. The maximum Gasteiger partial charge on any atom is 0.251 e. The number of benzene rings is 1. The monoisotopic (exact) mass is 357 g/mol. The van der Waals surface area contributed by atoms with Gasteiger partial charge in [-0.1, -0.05) is 12.8 Å². The predicted octanol–water partition coefficient (Wildman–Crippen LogP) is 2.30. The van der Waals surface area contributed by atoms with Crippen molar-refractivity contribution in [3.8, 4) is 5.75 Å². The van der Waals surface area contributed by atoms with Crippen LogP contribution in [0, 0.1) is 0 Å². The number of carbonyl (C=O) groups excluding carboxylic acids is 1. The highest BCUT2D eigenvalue weighted by atomic mass is 16.5. The summed E-state index contributed by atoms with van der Waals surface area (Å²) in [6.45, 7) is 7.30. The van der Waals surface area contributed by atoms with Crippen LogP contribution in [0.15, 0.2) is 18.2 Å². The van der Waals surface area contributed by atoms with E-state index in [9.17, 15) is 4.79 Å². The van der Waals surface area contributed by atoms with Crippen LogP contribution in [0.3, 0.4) is 0 Å². The number of fused-ring (bicyclic) bond motifs is 1. The fourth-order valence-electron chi connectivity index (χ4n) is 4.83. The molecule has 2 fully saturated rings. The van der Waals surface area contributed by atoms with Gasteiger partial charge < -0.3 is 15.0 Å². The molecule has 3 aliphatic rings.